The molecule has 7 nitrogen and oxygen atoms in total. The number of para-hydroxylation sites is 2. The number of nitrogens with one attached hydrogen (secondary N) is 3. The van der Waals surface area contributed by atoms with Crippen LogP contribution in [-0.4, -0.2) is 20.2 Å². The van der Waals surface area contributed by atoms with Gasteiger partial charge in [0, 0.05) is 16.5 Å². The Morgan fingerprint density at radius 3 is 2.40 bits per heavy atom. The molecule has 0 fully saturated rings. The van der Waals surface area contributed by atoms with E-state index >= 15 is 0 Å². The molecule has 2 aromatic heterocycles. The van der Waals surface area contributed by atoms with E-state index in [1.54, 1.807) is 0 Å². The van der Waals surface area contributed by atoms with Crippen LogP contribution < -0.4 is 10.6 Å². The Morgan fingerprint density at radius 1 is 0.800 bits per heavy atom. The fraction of sp³-hybridized carbons (Fsp3) is 0.0435. The minimum absolute atomic E-state index is 0.387. The van der Waals surface area contributed by atoms with Crippen molar-refractivity contribution >= 4 is 45.1 Å². The molecule has 0 aliphatic rings. The number of hydrogen-bond acceptors (Lipinski definition) is 6. The summed E-state index contributed by atoms with van der Waals surface area (Å²) in [4.78, 5) is 9.34. The molecule has 30 heavy (non-hydrogen) atoms. The lowest BCUT2D eigenvalue weighted by atomic mass is 10.1. The third kappa shape index (κ3) is 3.38. The van der Waals surface area contributed by atoms with E-state index < -0.39 is 0 Å². The van der Waals surface area contributed by atoms with Gasteiger partial charge in [-0.1, -0.05) is 36.4 Å². The zero-order valence-corrected chi connectivity index (χ0v) is 15.9. The van der Waals surface area contributed by atoms with Crippen LogP contribution in [-0.2, 0) is 6.42 Å². The first-order chi connectivity index (χ1) is 14.8. The highest BCUT2D eigenvalue weighted by Gasteiger charge is 2.11. The first kappa shape index (κ1) is 17.6. The minimum atomic E-state index is 0.387. The van der Waals surface area contributed by atoms with E-state index in [0.29, 0.717) is 24.0 Å². The van der Waals surface area contributed by atoms with Crippen molar-refractivity contribution in [2.75, 3.05) is 10.6 Å². The fourth-order valence-electron chi connectivity index (χ4n) is 3.33. The number of aromatic amines is 1. The third-order valence-corrected chi connectivity index (χ3v) is 4.80. The smallest absolute Gasteiger partial charge is 0.229 e. The molecular weight excluding hydrogens is 374 g/mol. The first-order valence-corrected chi connectivity index (χ1v) is 9.50. The van der Waals surface area contributed by atoms with E-state index in [1.165, 1.54) is 0 Å². The highest BCUT2D eigenvalue weighted by Crippen LogP contribution is 2.28. The van der Waals surface area contributed by atoms with Gasteiger partial charge in [0.1, 0.15) is 5.82 Å². The second-order valence-corrected chi connectivity index (χ2v) is 6.81. The van der Waals surface area contributed by atoms with Crippen LogP contribution in [0.1, 0.15) is 5.56 Å². The van der Waals surface area contributed by atoms with Crippen molar-refractivity contribution in [2.45, 2.75) is 6.42 Å². The molecule has 0 saturated heterocycles. The Morgan fingerprint density at radius 2 is 1.57 bits per heavy atom. The van der Waals surface area contributed by atoms with Crippen molar-refractivity contribution < 1.29 is 0 Å². The van der Waals surface area contributed by atoms with E-state index in [9.17, 15) is 0 Å². The lowest BCUT2D eigenvalue weighted by Gasteiger charge is -2.11. The van der Waals surface area contributed by atoms with E-state index in [-0.39, 0.29) is 0 Å². The van der Waals surface area contributed by atoms with Gasteiger partial charge in [-0.2, -0.15) is 15.3 Å². The number of aromatic nitrogens is 4. The van der Waals surface area contributed by atoms with Crippen molar-refractivity contribution in [1.82, 2.24) is 20.2 Å². The molecule has 5 rings (SSSR count). The second-order valence-electron chi connectivity index (χ2n) is 6.81. The highest BCUT2D eigenvalue weighted by atomic mass is 15.2. The average Bonchev–Trinajstić information content (AvgIpc) is 3.18. The van der Waals surface area contributed by atoms with Gasteiger partial charge in [0.2, 0.25) is 5.95 Å². The standard InChI is InChI=1S/C23H17N7/c24-14-13-15-9-11-16(12-10-15)25-23-26-19-7-3-1-5-17(19)21(28-23)27-22-18-6-2-4-8-20(18)29-30-22/h1-12H,13H2,(H3,25,26,27,28,29,30). The van der Waals surface area contributed by atoms with E-state index in [1.807, 2.05) is 72.8 Å². The molecule has 0 atom stereocenters. The molecule has 0 spiro atoms. The van der Waals surface area contributed by atoms with Gasteiger partial charge in [0.25, 0.3) is 0 Å². The molecule has 0 aliphatic heterocycles. The lowest BCUT2D eigenvalue weighted by Crippen LogP contribution is -2.02. The van der Waals surface area contributed by atoms with Gasteiger partial charge in [-0.3, -0.25) is 5.10 Å². The first-order valence-electron chi connectivity index (χ1n) is 9.50. The maximum absolute atomic E-state index is 8.83. The number of anilines is 4. The Kier molecular flexibility index (Phi) is 4.43. The second kappa shape index (κ2) is 7.53. The SMILES string of the molecule is N#CCc1ccc(Nc2nc(Nc3n[nH]c4ccccc34)c3ccccc3n2)cc1. The summed E-state index contributed by atoms with van der Waals surface area (Å²) in [6.45, 7) is 0. The van der Waals surface area contributed by atoms with Gasteiger partial charge in [-0.25, -0.2) is 4.98 Å². The van der Waals surface area contributed by atoms with Crippen LogP contribution in [0.25, 0.3) is 21.8 Å². The van der Waals surface area contributed by atoms with Crippen molar-refractivity contribution in [3.63, 3.8) is 0 Å². The van der Waals surface area contributed by atoms with E-state index in [0.717, 1.165) is 33.1 Å². The molecule has 7 heteroatoms. The number of benzene rings is 3. The number of nitriles is 1. The Hall–Kier alpha value is -4.44. The summed E-state index contributed by atoms with van der Waals surface area (Å²) in [5.41, 5.74) is 3.59. The van der Waals surface area contributed by atoms with Crippen LogP contribution in [0.4, 0.5) is 23.3 Å². The number of hydrogen-bond donors (Lipinski definition) is 3. The van der Waals surface area contributed by atoms with Crippen LogP contribution in [0.2, 0.25) is 0 Å². The molecule has 3 N–H and O–H groups in total. The monoisotopic (exact) mass is 391 g/mol. The average molecular weight is 391 g/mol. The summed E-state index contributed by atoms with van der Waals surface area (Å²) in [5.74, 6) is 1.85. The van der Waals surface area contributed by atoms with E-state index in [4.69, 9.17) is 10.2 Å². The summed E-state index contributed by atoms with van der Waals surface area (Å²) in [5, 5.41) is 24.7. The van der Waals surface area contributed by atoms with Crippen molar-refractivity contribution in [3.8, 4) is 6.07 Å². The van der Waals surface area contributed by atoms with Crippen LogP contribution in [0.5, 0.6) is 0 Å². The van der Waals surface area contributed by atoms with Gasteiger partial charge in [-0.15, -0.1) is 0 Å². The fourth-order valence-corrected chi connectivity index (χ4v) is 3.33. The summed E-state index contributed by atoms with van der Waals surface area (Å²) < 4.78 is 0. The van der Waals surface area contributed by atoms with Gasteiger partial charge in [0.05, 0.1) is 23.5 Å². The van der Waals surface area contributed by atoms with Crippen LogP contribution in [0.15, 0.2) is 72.8 Å². The molecule has 0 bridgehead atoms. The Balaban J connectivity index is 1.52. The van der Waals surface area contributed by atoms with E-state index in [2.05, 4.69) is 31.9 Å². The van der Waals surface area contributed by atoms with Crippen molar-refractivity contribution in [2.24, 2.45) is 0 Å². The quantitative estimate of drug-likeness (QED) is 0.387. The zero-order chi connectivity index (χ0) is 20.3. The van der Waals surface area contributed by atoms with Gasteiger partial charge >= 0.3 is 0 Å². The Bertz CT molecular complexity index is 1380. The summed E-state index contributed by atoms with van der Waals surface area (Å²) >= 11 is 0. The molecule has 3 aromatic carbocycles. The maximum atomic E-state index is 8.83. The normalized spacial score (nSPS) is 10.8. The molecule has 0 aliphatic carbocycles. The van der Waals surface area contributed by atoms with Crippen molar-refractivity contribution in [1.29, 1.82) is 5.26 Å². The maximum Gasteiger partial charge on any atom is 0.229 e. The van der Waals surface area contributed by atoms with Gasteiger partial charge in [-0.05, 0) is 42.0 Å². The summed E-state index contributed by atoms with van der Waals surface area (Å²) in [7, 11) is 0. The highest BCUT2D eigenvalue weighted by molar-refractivity contribution is 5.96. The molecule has 0 unspecified atom stereocenters. The van der Waals surface area contributed by atoms with Crippen LogP contribution >= 0.6 is 0 Å². The number of H-pyrrole nitrogens is 1. The lowest BCUT2D eigenvalue weighted by molar-refractivity contribution is 1.11. The summed E-state index contributed by atoms with van der Waals surface area (Å²) in [6, 6.07) is 25.6. The predicted molar refractivity (Wildman–Crippen MR) is 118 cm³/mol. The molecule has 0 radical (unpaired) electrons. The molecule has 5 aromatic rings. The topological polar surface area (TPSA) is 102 Å². The molecule has 0 saturated carbocycles. The van der Waals surface area contributed by atoms with Crippen LogP contribution in [0, 0.1) is 11.3 Å². The Labute approximate surface area is 172 Å². The largest absolute Gasteiger partial charge is 0.324 e. The number of rotatable bonds is 5. The molecule has 2 heterocycles. The van der Waals surface area contributed by atoms with Crippen molar-refractivity contribution in [3.05, 3.63) is 78.4 Å². The third-order valence-electron chi connectivity index (χ3n) is 4.80. The molecule has 0 amide bonds. The van der Waals surface area contributed by atoms with Gasteiger partial charge < -0.3 is 10.6 Å². The molecular formula is C23H17N7. The summed E-state index contributed by atoms with van der Waals surface area (Å²) in [6.07, 6.45) is 0.387. The number of nitrogens with zero attached hydrogens (tertiary/aromatic N) is 4. The zero-order valence-electron chi connectivity index (χ0n) is 15.9. The predicted octanol–water partition coefficient (Wildman–Crippen LogP) is 5.06. The molecule has 144 valence electrons. The number of fused-ring (bicyclic) bond motifs is 2. The van der Waals surface area contributed by atoms with Crippen LogP contribution in [0.3, 0.4) is 0 Å². The minimum Gasteiger partial charge on any atom is -0.324 e. The van der Waals surface area contributed by atoms with Gasteiger partial charge in [0.15, 0.2) is 5.82 Å².